The van der Waals surface area contributed by atoms with E-state index in [1.807, 2.05) is 48.7 Å². The van der Waals surface area contributed by atoms with E-state index in [4.69, 9.17) is 0 Å². The second-order valence-corrected chi connectivity index (χ2v) is 5.90. The van der Waals surface area contributed by atoms with E-state index in [0.29, 0.717) is 0 Å². The molecule has 2 aromatic rings. The van der Waals surface area contributed by atoms with Gasteiger partial charge in [0.05, 0.1) is 6.04 Å². The minimum atomic E-state index is 0.0651. The molecule has 1 fully saturated rings. The van der Waals surface area contributed by atoms with E-state index in [-0.39, 0.29) is 11.8 Å². The Morgan fingerprint density at radius 2 is 1.85 bits per heavy atom. The topological polar surface area (TPSA) is 20.1 Å². The highest BCUT2D eigenvalue weighted by Gasteiger charge is 2.40. The van der Waals surface area contributed by atoms with Crippen LogP contribution in [0.1, 0.15) is 15.9 Å². The van der Waals surface area contributed by atoms with Crippen LogP contribution >= 0.6 is 11.8 Å². The molecule has 0 saturated carbocycles. The van der Waals surface area contributed by atoms with Gasteiger partial charge >= 0.3 is 0 Å². The zero-order valence-electron chi connectivity index (χ0n) is 11.5. The number of Topliss-reactive ketones (excluding diaryl/α,β-unsaturated/α-hetero) is 1. The molecular formula is C17H17NOS. The summed E-state index contributed by atoms with van der Waals surface area (Å²) in [4.78, 5) is 15.8. The van der Waals surface area contributed by atoms with Crippen LogP contribution in [0.4, 0.5) is 0 Å². The molecule has 1 aliphatic rings. The van der Waals surface area contributed by atoms with Crippen molar-refractivity contribution in [1.82, 2.24) is 4.90 Å². The Bertz CT molecular complexity index is 594. The quantitative estimate of drug-likeness (QED) is 0.476. The predicted molar refractivity (Wildman–Crippen MR) is 83.2 cm³/mol. The molecule has 0 spiro atoms. The Kier molecular flexibility index (Phi) is 3.90. The summed E-state index contributed by atoms with van der Waals surface area (Å²) in [6.45, 7) is 1.73. The fourth-order valence-corrected chi connectivity index (χ4v) is 2.77. The lowest BCUT2D eigenvalue weighted by Crippen LogP contribution is -2.13. The van der Waals surface area contributed by atoms with Gasteiger partial charge in [0.1, 0.15) is 0 Å². The number of hydrogen-bond acceptors (Lipinski definition) is 3. The Hall–Kier alpha value is -1.58. The van der Waals surface area contributed by atoms with Gasteiger partial charge in [0.2, 0.25) is 0 Å². The van der Waals surface area contributed by atoms with E-state index in [9.17, 15) is 4.79 Å². The lowest BCUT2D eigenvalue weighted by atomic mass is 10.1. The third kappa shape index (κ3) is 2.94. The van der Waals surface area contributed by atoms with Crippen molar-refractivity contribution in [3.05, 3.63) is 65.7 Å². The van der Waals surface area contributed by atoms with Crippen molar-refractivity contribution >= 4 is 17.5 Å². The maximum absolute atomic E-state index is 12.4. The smallest absolute Gasteiger partial charge is 0.181 e. The first-order valence-corrected chi connectivity index (χ1v) is 7.96. The fourth-order valence-electron chi connectivity index (χ4n) is 2.36. The summed E-state index contributed by atoms with van der Waals surface area (Å²) in [6.07, 6.45) is 2.04. The summed E-state index contributed by atoms with van der Waals surface area (Å²) < 4.78 is 0. The van der Waals surface area contributed by atoms with Gasteiger partial charge < -0.3 is 0 Å². The van der Waals surface area contributed by atoms with Crippen molar-refractivity contribution in [3.8, 4) is 0 Å². The van der Waals surface area contributed by atoms with Gasteiger partial charge in [0.25, 0.3) is 0 Å². The van der Waals surface area contributed by atoms with Crippen molar-refractivity contribution in [2.24, 2.45) is 0 Å². The lowest BCUT2D eigenvalue weighted by molar-refractivity contribution is 0.0974. The van der Waals surface area contributed by atoms with E-state index < -0.39 is 0 Å². The van der Waals surface area contributed by atoms with Gasteiger partial charge in [-0.15, -0.1) is 11.8 Å². The number of carbonyl (C=O) groups excluding carboxylic acids is 1. The maximum atomic E-state index is 12.4. The van der Waals surface area contributed by atoms with Crippen molar-refractivity contribution < 1.29 is 4.79 Å². The maximum Gasteiger partial charge on any atom is 0.181 e. The Morgan fingerprint density at radius 3 is 2.50 bits per heavy atom. The van der Waals surface area contributed by atoms with Crippen LogP contribution in [0, 0.1) is 0 Å². The minimum absolute atomic E-state index is 0.0651. The number of benzene rings is 2. The van der Waals surface area contributed by atoms with Crippen LogP contribution in [0.2, 0.25) is 0 Å². The molecule has 2 aromatic carbocycles. The number of thioether (sulfide) groups is 1. The second-order valence-electron chi connectivity index (χ2n) is 5.02. The van der Waals surface area contributed by atoms with Gasteiger partial charge in [0, 0.05) is 23.5 Å². The number of ketones is 1. The first-order valence-electron chi connectivity index (χ1n) is 6.74. The number of hydrogen-bond donors (Lipinski definition) is 0. The monoisotopic (exact) mass is 283 g/mol. The summed E-state index contributed by atoms with van der Waals surface area (Å²) in [5.74, 6) is 0.244. The molecule has 2 nitrogen and oxygen atoms in total. The zero-order valence-corrected chi connectivity index (χ0v) is 12.3. The van der Waals surface area contributed by atoms with E-state index >= 15 is 0 Å². The lowest BCUT2D eigenvalue weighted by Gasteiger charge is -2.04. The van der Waals surface area contributed by atoms with Crippen LogP contribution in [0.3, 0.4) is 0 Å². The summed E-state index contributed by atoms with van der Waals surface area (Å²) in [7, 11) is 0. The minimum Gasteiger partial charge on any atom is -0.292 e. The molecule has 0 N–H and O–H groups in total. The average molecular weight is 283 g/mol. The Balaban J connectivity index is 1.62. The third-order valence-corrected chi connectivity index (χ3v) is 4.36. The molecule has 0 aliphatic carbocycles. The van der Waals surface area contributed by atoms with E-state index in [1.54, 1.807) is 11.8 Å². The highest BCUT2D eigenvalue weighted by atomic mass is 32.2. The summed E-state index contributed by atoms with van der Waals surface area (Å²) >= 11 is 1.69. The van der Waals surface area contributed by atoms with Crippen LogP contribution in [0.5, 0.6) is 0 Å². The second kappa shape index (κ2) is 5.81. The van der Waals surface area contributed by atoms with Crippen LogP contribution in [-0.4, -0.2) is 29.5 Å². The molecule has 0 bridgehead atoms. The van der Waals surface area contributed by atoms with Crippen LogP contribution in [0.25, 0.3) is 0 Å². The SMILES string of the molecule is CSc1ccc(C(=O)C2CN2Cc2ccccc2)cc1. The summed E-state index contributed by atoms with van der Waals surface area (Å²) in [5.41, 5.74) is 2.09. The molecule has 0 radical (unpaired) electrons. The molecule has 1 saturated heterocycles. The highest BCUT2D eigenvalue weighted by Crippen LogP contribution is 2.25. The first kappa shape index (κ1) is 13.4. The molecular weight excluding hydrogens is 266 g/mol. The number of carbonyl (C=O) groups is 1. The molecule has 3 heteroatoms. The molecule has 0 amide bonds. The molecule has 2 unspecified atom stereocenters. The molecule has 3 rings (SSSR count). The van der Waals surface area contributed by atoms with Crippen molar-refractivity contribution in [1.29, 1.82) is 0 Å². The molecule has 1 aliphatic heterocycles. The van der Waals surface area contributed by atoms with Gasteiger partial charge in [-0.1, -0.05) is 42.5 Å². The van der Waals surface area contributed by atoms with Gasteiger partial charge in [-0.05, 0) is 24.0 Å². The normalized spacial score (nSPS) is 20.6. The molecule has 2 atom stereocenters. The Morgan fingerprint density at radius 1 is 1.15 bits per heavy atom. The fraction of sp³-hybridized carbons (Fsp3) is 0.235. The van der Waals surface area contributed by atoms with Crippen molar-refractivity contribution in [2.45, 2.75) is 17.5 Å². The number of rotatable bonds is 5. The molecule has 20 heavy (non-hydrogen) atoms. The zero-order chi connectivity index (χ0) is 13.9. The standard InChI is InChI=1S/C17H17NOS/c1-20-15-9-7-14(8-10-15)17(19)16-12-18(16)11-13-5-3-2-4-6-13/h2-10,16H,11-12H2,1H3. The highest BCUT2D eigenvalue weighted by molar-refractivity contribution is 7.98. The first-order chi connectivity index (χ1) is 9.78. The Labute approximate surface area is 123 Å². The van der Waals surface area contributed by atoms with Crippen molar-refractivity contribution in [2.75, 3.05) is 12.8 Å². The third-order valence-electron chi connectivity index (χ3n) is 3.62. The average Bonchev–Trinajstić information content (AvgIpc) is 3.27. The van der Waals surface area contributed by atoms with Crippen LogP contribution in [0.15, 0.2) is 59.5 Å². The molecule has 102 valence electrons. The van der Waals surface area contributed by atoms with Gasteiger partial charge in [-0.25, -0.2) is 0 Å². The largest absolute Gasteiger partial charge is 0.292 e. The van der Waals surface area contributed by atoms with Gasteiger partial charge in [-0.2, -0.15) is 0 Å². The van der Waals surface area contributed by atoms with Gasteiger partial charge in [-0.3, -0.25) is 9.69 Å². The van der Waals surface area contributed by atoms with Gasteiger partial charge in [0.15, 0.2) is 5.78 Å². The molecule has 1 heterocycles. The van der Waals surface area contributed by atoms with Crippen LogP contribution in [-0.2, 0) is 6.54 Å². The molecule has 0 aromatic heterocycles. The predicted octanol–water partition coefficient (Wildman–Crippen LogP) is 3.48. The van der Waals surface area contributed by atoms with E-state index in [2.05, 4.69) is 17.0 Å². The van der Waals surface area contributed by atoms with E-state index in [0.717, 1.165) is 18.7 Å². The van der Waals surface area contributed by atoms with E-state index in [1.165, 1.54) is 10.5 Å². The van der Waals surface area contributed by atoms with Crippen LogP contribution < -0.4 is 0 Å². The van der Waals surface area contributed by atoms with Crippen molar-refractivity contribution in [3.63, 3.8) is 0 Å². The summed E-state index contributed by atoms with van der Waals surface area (Å²) in [6, 6.07) is 18.3. The number of nitrogens with zero attached hydrogens (tertiary/aromatic N) is 1. The summed E-state index contributed by atoms with van der Waals surface area (Å²) in [5, 5.41) is 0.